The summed E-state index contributed by atoms with van der Waals surface area (Å²) in [6.45, 7) is 4.19. The summed E-state index contributed by atoms with van der Waals surface area (Å²) < 4.78 is 20.8. The second kappa shape index (κ2) is 7.83. The van der Waals surface area contributed by atoms with Crippen LogP contribution >= 0.6 is 11.3 Å². The molecule has 0 aliphatic carbocycles. The van der Waals surface area contributed by atoms with Gasteiger partial charge in [-0.1, -0.05) is 5.16 Å². The summed E-state index contributed by atoms with van der Waals surface area (Å²) in [5.41, 5.74) is 3.55. The molecule has 0 saturated heterocycles. The zero-order valence-electron chi connectivity index (χ0n) is 17.8. The Balaban J connectivity index is 1.40. The third-order valence-corrected chi connectivity index (χ3v) is 6.45. The van der Waals surface area contributed by atoms with E-state index in [0.29, 0.717) is 46.5 Å². The molecular formula is C23H20FN5O2S. The number of benzene rings is 1. The molecule has 5 rings (SSSR count). The number of carbonyl (C=O) groups excluding carboxylic acids is 1. The first-order valence-electron chi connectivity index (χ1n) is 10.1. The van der Waals surface area contributed by atoms with E-state index in [1.807, 2.05) is 30.7 Å². The number of aromatic nitrogens is 4. The number of aryl methyl sites for hydroxylation is 3. The van der Waals surface area contributed by atoms with Crippen LogP contribution in [0, 0.1) is 19.7 Å². The number of nitrogens with zero attached hydrogens (tertiary/aromatic N) is 4. The molecule has 0 saturated carbocycles. The highest BCUT2D eigenvalue weighted by Crippen LogP contribution is 2.31. The highest BCUT2D eigenvalue weighted by molar-refractivity contribution is 7.15. The molecule has 162 valence electrons. The van der Waals surface area contributed by atoms with Crippen LogP contribution in [0.4, 0.5) is 4.39 Å². The molecule has 0 fully saturated rings. The lowest BCUT2D eigenvalue weighted by molar-refractivity contribution is 0.0955. The maximum absolute atomic E-state index is 13.5. The monoisotopic (exact) mass is 449 g/mol. The van der Waals surface area contributed by atoms with Crippen molar-refractivity contribution < 1.29 is 13.7 Å². The number of carbonyl (C=O) groups is 1. The first-order chi connectivity index (χ1) is 15.4. The summed E-state index contributed by atoms with van der Waals surface area (Å²) in [7, 11) is 1.88. The highest BCUT2D eigenvalue weighted by Gasteiger charge is 2.20. The molecule has 1 aromatic carbocycles. The smallest absolute Gasteiger partial charge is 0.259 e. The highest BCUT2D eigenvalue weighted by atomic mass is 32.1. The summed E-state index contributed by atoms with van der Waals surface area (Å²) in [6, 6.07) is 10.3. The molecular weight excluding hydrogens is 429 g/mol. The first-order valence-corrected chi connectivity index (χ1v) is 11.0. The van der Waals surface area contributed by atoms with E-state index in [4.69, 9.17) is 4.52 Å². The number of amides is 1. The standard InChI is InChI=1S/C23H20FN5O2S/c1-12-4-7-19(32-12)17-11-15(21-13(2)28-31-23(21)27-17)22(30)25-9-8-20-26-16-10-14(24)5-6-18(16)29(20)3/h4-7,10-11H,8-9H2,1-3H3,(H,25,30). The summed E-state index contributed by atoms with van der Waals surface area (Å²) in [4.78, 5) is 24.3. The van der Waals surface area contributed by atoms with Crippen LogP contribution in [-0.4, -0.2) is 32.1 Å². The summed E-state index contributed by atoms with van der Waals surface area (Å²) in [6.07, 6.45) is 0.506. The van der Waals surface area contributed by atoms with Gasteiger partial charge < -0.3 is 14.4 Å². The van der Waals surface area contributed by atoms with E-state index in [0.717, 1.165) is 21.1 Å². The van der Waals surface area contributed by atoms with Gasteiger partial charge in [-0.2, -0.15) is 0 Å². The first kappa shape index (κ1) is 20.3. The van der Waals surface area contributed by atoms with Crippen LogP contribution in [0.1, 0.15) is 26.8 Å². The number of fused-ring (bicyclic) bond motifs is 2. The van der Waals surface area contributed by atoms with Gasteiger partial charge in [-0.25, -0.2) is 14.4 Å². The molecule has 0 radical (unpaired) electrons. The normalized spacial score (nSPS) is 11.5. The van der Waals surface area contributed by atoms with E-state index >= 15 is 0 Å². The molecule has 4 aromatic heterocycles. The fourth-order valence-corrected chi connectivity index (χ4v) is 4.63. The topological polar surface area (TPSA) is 85.8 Å². The second-order valence-electron chi connectivity index (χ2n) is 7.64. The predicted molar refractivity (Wildman–Crippen MR) is 121 cm³/mol. The van der Waals surface area contributed by atoms with E-state index in [-0.39, 0.29) is 11.7 Å². The fraction of sp³-hybridized carbons (Fsp3) is 0.217. The molecule has 0 aliphatic rings. The van der Waals surface area contributed by atoms with Crippen LogP contribution in [0.3, 0.4) is 0 Å². The Morgan fingerprint density at radius 1 is 1.19 bits per heavy atom. The lowest BCUT2D eigenvalue weighted by Gasteiger charge is -2.08. The van der Waals surface area contributed by atoms with Crippen molar-refractivity contribution in [1.29, 1.82) is 0 Å². The van der Waals surface area contributed by atoms with Crippen molar-refractivity contribution in [2.45, 2.75) is 20.3 Å². The number of thiophene rings is 1. The average molecular weight is 450 g/mol. The number of pyridine rings is 1. The van der Waals surface area contributed by atoms with Crippen LogP contribution in [-0.2, 0) is 13.5 Å². The molecule has 9 heteroatoms. The third-order valence-electron chi connectivity index (χ3n) is 5.42. The van der Waals surface area contributed by atoms with E-state index in [2.05, 4.69) is 20.4 Å². The van der Waals surface area contributed by atoms with Gasteiger partial charge in [-0.15, -0.1) is 11.3 Å². The number of hydrogen-bond acceptors (Lipinski definition) is 6. The molecule has 0 bridgehead atoms. The van der Waals surface area contributed by atoms with E-state index in [1.165, 1.54) is 12.1 Å². The largest absolute Gasteiger partial charge is 0.352 e. The zero-order valence-corrected chi connectivity index (χ0v) is 18.6. The van der Waals surface area contributed by atoms with E-state index < -0.39 is 0 Å². The number of nitrogens with one attached hydrogen (secondary N) is 1. The van der Waals surface area contributed by atoms with Gasteiger partial charge in [0.05, 0.1) is 38.2 Å². The molecule has 4 heterocycles. The molecule has 32 heavy (non-hydrogen) atoms. The Morgan fingerprint density at radius 2 is 2.03 bits per heavy atom. The van der Waals surface area contributed by atoms with Gasteiger partial charge in [0.1, 0.15) is 11.6 Å². The van der Waals surface area contributed by atoms with Crippen molar-refractivity contribution in [3.8, 4) is 10.6 Å². The minimum absolute atomic E-state index is 0.233. The van der Waals surface area contributed by atoms with Crippen molar-refractivity contribution in [2.75, 3.05) is 6.54 Å². The summed E-state index contributed by atoms with van der Waals surface area (Å²) in [5.74, 6) is 0.211. The minimum atomic E-state index is -0.321. The lowest BCUT2D eigenvalue weighted by atomic mass is 10.1. The maximum atomic E-state index is 13.5. The van der Waals surface area contributed by atoms with E-state index in [9.17, 15) is 9.18 Å². The maximum Gasteiger partial charge on any atom is 0.259 e. The molecule has 1 N–H and O–H groups in total. The molecule has 0 atom stereocenters. The molecule has 1 amide bonds. The molecule has 7 nitrogen and oxygen atoms in total. The summed E-state index contributed by atoms with van der Waals surface area (Å²) in [5, 5.41) is 7.56. The number of imidazole rings is 1. The molecule has 0 unspecified atom stereocenters. The van der Waals surface area contributed by atoms with Gasteiger partial charge >= 0.3 is 0 Å². The number of halogens is 1. The van der Waals surface area contributed by atoms with Crippen LogP contribution in [0.15, 0.2) is 40.9 Å². The van der Waals surface area contributed by atoms with Crippen molar-refractivity contribution in [2.24, 2.45) is 7.05 Å². The van der Waals surface area contributed by atoms with Crippen LogP contribution < -0.4 is 5.32 Å². The van der Waals surface area contributed by atoms with Crippen LogP contribution in [0.5, 0.6) is 0 Å². The minimum Gasteiger partial charge on any atom is -0.352 e. The Kier molecular flexibility index (Phi) is 4.97. The average Bonchev–Trinajstić information content (AvgIpc) is 3.45. The predicted octanol–water partition coefficient (Wildman–Crippen LogP) is 4.57. The van der Waals surface area contributed by atoms with Crippen molar-refractivity contribution in [1.82, 2.24) is 25.0 Å². The van der Waals surface area contributed by atoms with Crippen LogP contribution in [0.25, 0.3) is 32.7 Å². The lowest BCUT2D eigenvalue weighted by Crippen LogP contribution is -2.26. The van der Waals surface area contributed by atoms with Gasteiger partial charge in [-0.05, 0) is 44.2 Å². The van der Waals surface area contributed by atoms with Crippen LogP contribution in [0.2, 0.25) is 0 Å². The zero-order chi connectivity index (χ0) is 22.4. The number of hydrogen-bond donors (Lipinski definition) is 1. The van der Waals surface area contributed by atoms with Gasteiger partial charge in [0.2, 0.25) is 0 Å². The quantitative estimate of drug-likeness (QED) is 0.425. The Bertz CT molecular complexity index is 1480. The number of rotatable bonds is 5. The Morgan fingerprint density at radius 3 is 2.81 bits per heavy atom. The third kappa shape index (κ3) is 3.54. The van der Waals surface area contributed by atoms with E-state index in [1.54, 1.807) is 30.4 Å². The van der Waals surface area contributed by atoms with Crippen molar-refractivity contribution in [3.63, 3.8) is 0 Å². The van der Waals surface area contributed by atoms with Gasteiger partial charge in [0, 0.05) is 31.0 Å². The van der Waals surface area contributed by atoms with Crippen molar-refractivity contribution >= 4 is 39.4 Å². The Hall–Kier alpha value is -3.59. The Labute approximate surface area is 186 Å². The fourth-order valence-electron chi connectivity index (χ4n) is 3.80. The molecule has 5 aromatic rings. The molecule has 0 spiro atoms. The SMILES string of the molecule is Cc1ccc(-c2cc(C(=O)NCCc3nc4cc(F)ccc4n3C)c3c(C)noc3n2)s1. The van der Waals surface area contributed by atoms with Gasteiger partial charge in [0.15, 0.2) is 0 Å². The van der Waals surface area contributed by atoms with Gasteiger partial charge in [0.25, 0.3) is 11.6 Å². The summed E-state index contributed by atoms with van der Waals surface area (Å²) >= 11 is 1.60. The van der Waals surface area contributed by atoms with Gasteiger partial charge in [-0.3, -0.25) is 4.79 Å². The van der Waals surface area contributed by atoms with Crippen molar-refractivity contribution in [3.05, 3.63) is 64.2 Å². The molecule has 0 aliphatic heterocycles. The second-order valence-corrected chi connectivity index (χ2v) is 8.93.